The number of benzene rings is 1. The second-order valence-corrected chi connectivity index (χ2v) is 18.6. The molecule has 0 unspecified atom stereocenters. The summed E-state index contributed by atoms with van der Waals surface area (Å²) < 4.78 is 64.2. The fraction of sp³-hybridized carbons (Fsp3) is 0.690. The first kappa shape index (κ1) is 36.3. The molecule has 14 heteroatoms. The summed E-state index contributed by atoms with van der Waals surface area (Å²) in [4.78, 5) is 40.0. The fourth-order valence-electron chi connectivity index (χ4n) is 4.06. The normalized spacial score (nSPS) is 19.2. The Labute approximate surface area is 253 Å². The van der Waals surface area contributed by atoms with Gasteiger partial charge in [-0.2, -0.15) is 13.2 Å². The highest BCUT2D eigenvalue weighted by Crippen LogP contribution is 2.39. The highest BCUT2D eigenvalue weighted by atomic mass is 28.4. The van der Waals surface area contributed by atoms with Crippen molar-refractivity contribution in [2.75, 3.05) is 19.8 Å². The maximum absolute atomic E-state index is 13.9. The Morgan fingerprint density at radius 1 is 1.00 bits per heavy atom. The number of ether oxygens (including phenoxy) is 3. The van der Waals surface area contributed by atoms with Crippen LogP contribution in [-0.4, -0.2) is 67.8 Å². The molecule has 1 saturated heterocycles. The Morgan fingerprint density at radius 3 is 2.14 bits per heavy atom. The Kier molecular flexibility index (Phi) is 10.7. The minimum atomic E-state index is -4.80. The predicted octanol–water partition coefficient (Wildman–Crippen LogP) is 6.02. The van der Waals surface area contributed by atoms with E-state index < -0.39 is 60.6 Å². The van der Waals surface area contributed by atoms with E-state index in [-0.39, 0.29) is 23.8 Å². The third-order valence-corrected chi connectivity index (χ3v) is 12.0. The van der Waals surface area contributed by atoms with Crippen molar-refractivity contribution >= 4 is 26.2 Å². The van der Waals surface area contributed by atoms with Gasteiger partial charge in [0.05, 0.1) is 18.8 Å². The smallest absolute Gasteiger partial charge is 0.419 e. The lowest BCUT2D eigenvalue weighted by Gasteiger charge is -2.39. The molecule has 2 rings (SSSR count). The molecule has 2 N–H and O–H groups in total. The van der Waals surface area contributed by atoms with Crippen LogP contribution in [0, 0.1) is 0 Å². The highest BCUT2D eigenvalue weighted by Gasteiger charge is 2.57. The van der Waals surface area contributed by atoms with Crippen LogP contribution in [0.15, 0.2) is 18.2 Å². The van der Waals surface area contributed by atoms with Crippen LogP contribution in [0.5, 0.6) is 5.75 Å². The molecule has 0 bridgehead atoms. The van der Waals surface area contributed by atoms with Crippen LogP contribution in [0.3, 0.4) is 0 Å². The van der Waals surface area contributed by atoms with E-state index in [4.69, 9.17) is 18.6 Å². The van der Waals surface area contributed by atoms with Gasteiger partial charge in [0.1, 0.15) is 22.6 Å². The largest absolute Gasteiger partial charge is 0.493 e. The first-order valence-corrected chi connectivity index (χ1v) is 17.0. The summed E-state index contributed by atoms with van der Waals surface area (Å²) in [5.41, 5.74) is -0.834. The molecule has 0 saturated carbocycles. The van der Waals surface area contributed by atoms with E-state index in [1.165, 1.54) is 6.92 Å². The highest BCUT2D eigenvalue weighted by molar-refractivity contribution is 6.74. The van der Waals surface area contributed by atoms with Crippen LogP contribution in [0.4, 0.5) is 18.0 Å². The van der Waals surface area contributed by atoms with Crippen LogP contribution in [-0.2, 0) is 24.9 Å². The first-order valence-electron chi connectivity index (χ1n) is 14.1. The molecule has 1 aromatic rings. The molecular weight excluding hydrogens is 587 g/mol. The van der Waals surface area contributed by atoms with Gasteiger partial charge in [-0.3, -0.25) is 25.3 Å². The molecule has 1 atom stereocenters. The van der Waals surface area contributed by atoms with Gasteiger partial charge in [-0.25, -0.2) is 4.79 Å². The van der Waals surface area contributed by atoms with Gasteiger partial charge in [0.15, 0.2) is 8.32 Å². The van der Waals surface area contributed by atoms with Crippen molar-refractivity contribution in [1.82, 2.24) is 15.8 Å². The standard InChI is InChI=1S/C29H46F3N3O7Si/c1-25(2,3)42-24(38)35-27(7,8)40-18-28(35,9)23(37)34-33-22(36)19-13-14-21(20(17-19)29(30,31)32)39-15-12-16-41-43(10,11)26(4,5)6/h13-14,17H,12,15-16,18H2,1-11H3,(H,33,36)(H,34,37)/t28-/m0/s1. The average molecular weight is 634 g/mol. The van der Waals surface area contributed by atoms with Crippen molar-refractivity contribution < 1.29 is 46.2 Å². The number of nitrogens with one attached hydrogen (secondary N) is 2. The van der Waals surface area contributed by atoms with Crippen LogP contribution in [0.25, 0.3) is 0 Å². The molecule has 1 aliphatic heterocycles. The van der Waals surface area contributed by atoms with Gasteiger partial charge in [-0.1, -0.05) is 20.8 Å². The van der Waals surface area contributed by atoms with Crippen molar-refractivity contribution in [3.05, 3.63) is 29.3 Å². The maximum Gasteiger partial charge on any atom is 0.419 e. The molecule has 0 radical (unpaired) electrons. The molecule has 1 heterocycles. The lowest BCUT2D eigenvalue weighted by Crippen LogP contribution is -2.63. The third-order valence-electron chi connectivity index (χ3n) is 7.46. The quantitative estimate of drug-likeness (QED) is 0.204. The van der Waals surface area contributed by atoms with E-state index in [1.807, 2.05) is 0 Å². The number of amides is 3. The molecule has 1 aliphatic rings. The number of rotatable bonds is 8. The zero-order valence-corrected chi connectivity index (χ0v) is 28.0. The number of halogens is 3. The Bertz CT molecular complexity index is 1190. The lowest BCUT2D eigenvalue weighted by atomic mass is 10.0. The SMILES string of the molecule is CC(C)(C)OC(=O)N1C(C)(C)OC[C@@]1(C)C(=O)NNC(=O)c1ccc(OCCCO[Si](C)(C)C(C)(C)C)c(C(F)(F)F)c1. The van der Waals surface area contributed by atoms with Gasteiger partial charge in [0.25, 0.3) is 11.8 Å². The van der Waals surface area contributed by atoms with Crippen molar-refractivity contribution in [1.29, 1.82) is 0 Å². The molecule has 0 aliphatic carbocycles. The Balaban J connectivity index is 2.10. The molecular formula is C29H46F3N3O7Si. The van der Waals surface area contributed by atoms with Crippen molar-refractivity contribution in [2.45, 2.75) is 110 Å². The van der Waals surface area contributed by atoms with Crippen molar-refractivity contribution in [2.24, 2.45) is 0 Å². The molecule has 0 spiro atoms. The summed E-state index contributed by atoms with van der Waals surface area (Å²) in [6.07, 6.45) is -5.23. The Hall–Kier alpha value is -2.84. The second-order valence-electron chi connectivity index (χ2n) is 13.8. The van der Waals surface area contributed by atoms with Crippen molar-refractivity contribution in [3.8, 4) is 5.75 Å². The first-order chi connectivity index (χ1) is 19.3. The molecule has 3 amide bonds. The van der Waals surface area contributed by atoms with E-state index in [1.54, 1.807) is 34.6 Å². The molecule has 244 valence electrons. The van der Waals surface area contributed by atoms with E-state index >= 15 is 0 Å². The van der Waals surface area contributed by atoms with Crippen LogP contribution >= 0.6 is 0 Å². The number of hydrogen-bond acceptors (Lipinski definition) is 7. The van der Waals surface area contributed by atoms with Crippen LogP contribution < -0.4 is 15.6 Å². The minimum Gasteiger partial charge on any atom is -0.493 e. The summed E-state index contributed by atoms with van der Waals surface area (Å²) in [6.45, 7) is 20.2. The van der Waals surface area contributed by atoms with E-state index in [2.05, 4.69) is 44.7 Å². The molecule has 10 nitrogen and oxygen atoms in total. The van der Waals surface area contributed by atoms with E-state index in [9.17, 15) is 27.6 Å². The van der Waals surface area contributed by atoms with E-state index in [0.29, 0.717) is 19.1 Å². The monoisotopic (exact) mass is 633 g/mol. The number of hydrogen-bond donors (Lipinski definition) is 2. The van der Waals surface area contributed by atoms with Crippen molar-refractivity contribution in [3.63, 3.8) is 0 Å². The molecule has 43 heavy (non-hydrogen) atoms. The van der Waals surface area contributed by atoms with E-state index in [0.717, 1.165) is 17.0 Å². The number of nitrogens with zero attached hydrogens (tertiary/aromatic N) is 1. The molecule has 1 aromatic carbocycles. The zero-order valence-electron chi connectivity index (χ0n) is 27.0. The topological polar surface area (TPSA) is 115 Å². The number of carbonyl (C=O) groups excluding carboxylic acids is 3. The van der Waals surface area contributed by atoms with Crippen LogP contribution in [0.1, 0.15) is 84.7 Å². The summed E-state index contributed by atoms with van der Waals surface area (Å²) in [7, 11) is -1.99. The summed E-state index contributed by atoms with van der Waals surface area (Å²) in [6, 6.07) is 2.88. The van der Waals surface area contributed by atoms with Gasteiger partial charge in [0, 0.05) is 18.6 Å². The maximum atomic E-state index is 13.9. The van der Waals surface area contributed by atoms with Gasteiger partial charge in [0.2, 0.25) is 0 Å². The van der Waals surface area contributed by atoms with Gasteiger partial charge >= 0.3 is 12.3 Å². The van der Waals surface area contributed by atoms with Gasteiger partial charge in [-0.15, -0.1) is 0 Å². The van der Waals surface area contributed by atoms with Gasteiger partial charge in [-0.05, 0) is 77.9 Å². The predicted molar refractivity (Wildman–Crippen MR) is 157 cm³/mol. The summed E-state index contributed by atoms with van der Waals surface area (Å²) in [5, 5.41) is 0.00381. The summed E-state index contributed by atoms with van der Waals surface area (Å²) >= 11 is 0. The average Bonchev–Trinajstić information content (AvgIpc) is 3.09. The zero-order chi connectivity index (χ0) is 33.2. The Morgan fingerprint density at radius 2 is 1.60 bits per heavy atom. The molecule has 0 aromatic heterocycles. The fourth-order valence-corrected chi connectivity index (χ4v) is 5.15. The van der Waals surface area contributed by atoms with Crippen LogP contribution in [0.2, 0.25) is 18.1 Å². The minimum absolute atomic E-state index is 0.00381. The number of alkyl halides is 3. The number of carbonyl (C=O) groups is 3. The number of hydrazine groups is 1. The lowest BCUT2D eigenvalue weighted by molar-refractivity contribution is -0.139. The summed E-state index contributed by atoms with van der Waals surface area (Å²) in [5.74, 6) is -2.25. The second kappa shape index (κ2) is 12.6. The van der Waals surface area contributed by atoms with Gasteiger partial charge < -0.3 is 18.6 Å². The third kappa shape index (κ3) is 9.08. The molecule has 1 fully saturated rings.